The van der Waals surface area contributed by atoms with Crippen LogP contribution in [0.15, 0.2) is 24.3 Å². The monoisotopic (exact) mass is 463 g/mol. The van der Waals surface area contributed by atoms with Crippen LogP contribution < -0.4 is 4.43 Å². The summed E-state index contributed by atoms with van der Waals surface area (Å²) in [5.41, 5.74) is 0.417. The van der Waals surface area contributed by atoms with E-state index < -0.39 is 13.9 Å². The number of rotatable bonds is 5. The number of piperidine rings is 1. The van der Waals surface area contributed by atoms with Crippen molar-refractivity contribution in [3.8, 4) is 5.75 Å². The second-order valence-electron chi connectivity index (χ2n) is 11.3. The van der Waals surface area contributed by atoms with Crippen LogP contribution in [0.25, 0.3) is 0 Å². The van der Waals surface area contributed by atoms with Gasteiger partial charge in [-0.25, -0.2) is 4.79 Å². The number of carbonyl (C=O) groups is 2. The zero-order chi connectivity index (χ0) is 24.3. The Bertz CT molecular complexity index is 784. The molecule has 1 aromatic rings. The minimum Gasteiger partial charge on any atom is -0.544 e. The van der Waals surface area contributed by atoms with Crippen LogP contribution in [0.2, 0.25) is 18.1 Å². The average Bonchev–Trinajstić information content (AvgIpc) is 2.66. The van der Waals surface area contributed by atoms with E-state index in [2.05, 4.69) is 33.9 Å². The summed E-state index contributed by atoms with van der Waals surface area (Å²) >= 11 is 0. The largest absolute Gasteiger partial charge is 0.544 e. The molecule has 7 heteroatoms. The highest BCUT2D eigenvalue weighted by Crippen LogP contribution is 2.37. The third-order valence-electron chi connectivity index (χ3n) is 6.30. The fourth-order valence-corrected chi connectivity index (χ4v) is 4.25. The van der Waals surface area contributed by atoms with Crippen molar-refractivity contribution in [3.63, 3.8) is 0 Å². The fourth-order valence-electron chi connectivity index (χ4n) is 3.22. The van der Waals surface area contributed by atoms with Crippen LogP contribution in [0, 0.1) is 5.92 Å². The Balaban J connectivity index is 1.87. The molecule has 0 spiro atoms. The molecule has 1 fully saturated rings. The molecule has 2 rings (SSSR count). The molecule has 0 aliphatic carbocycles. The maximum absolute atomic E-state index is 12.7. The van der Waals surface area contributed by atoms with Gasteiger partial charge in [0.15, 0.2) is 0 Å². The Kier molecular flexibility index (Phi) is 8.08. The van der Waals surface area contributed by atoms with Crippen LogP contribution >= 0.6 is 0 Å². The topological polar surface area (TPSA) is 65.1 Å². The Hall–Kier alpha value is -2.02. The first kappa shape index (κ1) is 26.2. The lowest BCUT2D eigenvalue weighted by atomic mass is 9.97. The zero-order valence-corrected chi connectivity index (χ0v) is 22.3. The summed E-state index contributed by atoms with van der Waals surface area (Å²) in [6.07, 6.45) is 0.514. The molecule has 1 aliphatic heterocycles. The van der Waals surface area contributed by atoms with Gasteiger partial charge in [-0.1, -0.05) is 32.9 Å². The van der Waals surface area contributed by atoms with Crippen LogP contribution in [0.5, 0.6) is 5.75 Å². The molecule has 32 heavy (non-hydrogen) atoms. The van der Waals surface area contributed by atoms with Crippen LogP contribution in [0.4, 0.5) is 4.79 Å². The number of nitrogens with zero attached hydrogens (tertiary/aromatic N) is 1. The fraction of sp³-hybridized carbons (Fsp3) is 0.680. The molecule has 1 amide bonds. The second kappa shape index (κ2) is 9.85. The summed E-state index contributed by atoms with van der Waals surface area (Å²) in [6, 6.07) is 7.84. The maximum atomic E-state index is 12.7. The lowest BCUT2D eigenvalue weighted by molar-refractivity contribution is -0.155. The first-order valence-corrected chi connectivity index (χ1v) is 14.5. The third-order valence-corrected chi connectivity index (χ3v) is 10.7. The van der Waals surface area contributed by atoms with Gasteiger partial charge in [0.05, 0.1) is 5.92 Å². The van der Waals surface area contributed by atoms with Gasteiger partial charge in [0, 0.05) is 13.1 Å². The molecule has 1 unspecified atom stereocenters. The molecule has 1 aromatic carbocycles. The minimum atomic E-state index is -1.89. The van der Waals surface area contributed by atoms with E-state index in [9.17, 15) is 9.59 Å². The van der Waals surface area contributed by atoms with E-state index in [1.54, 1.807) is 4.90 Å². The van der Waals surface area contributed by atoms with E-state index in [-0.39, 0.29) is 29.1 Å². The highest BCUT2D eigenvalue weighted by molar-refractivity contribution is 6.74. The first-order valence-electron chi connectivity index (χ1n) is 11.6. The van der Waals surface area contributed by atoms with Gasteiger partial charge in [0.1, 0.15) is 17.5 Å². The third kappa shape index (κ3) is 7.25. The number of ether oxygens (including phenoxy) is 2. The van der Waals surface area contributed by atoms with Gasteiger partial charge in [-0.3, -0.25) is 4.79 Å². The lowest BCUT2D eigenvalue weighted by Crippen LogP contribution is -2.43. The molecule has 0 N–H and O–H groups in total. The summed E-state index contributed by atoms with van der Waals surface area (Å²) in [5, 5.41) is 0.132. The Morgan fingerprint density at radius 2 is 1.53 bits per heavy atom. The molecule has 0 bridgehead atoms. The first-order chi connectivity index (χ1) is 14.6. The van der Waals surface area contributed by atoms with Crippen molar-refractivity contribution in [2.45, 2.75) is 91.1 Å². The number of hydrogen-bond acceptors (Lipinski definition) is 5. The standard InChI is InChI=1S/C25H41NO5Si/c1-18(19-10-12-21(13-11-19)31-32(8,9)25(5,6)7)29-22(27)20-14-16-26(17-15-20)23(28)30-24(2,3)4/h10-13,18,20H,14-17H2,1-9H3. The van der Waals surface area contributed by atoms with Crippen LogP contribution in [0.3, 0.4) is 0 Å². The molecule has 180 valence electrons. The molecule has 0 saturated carbocycles. The maximum Gasteiger partial charge on any atom is 0.410 e. The van der Waals surface area contributed by atoms with E-state index in [0.29, 0.717) is 25.9 Å². The number of likely N-dealkylation sites (tertiary alicyclic amines) is 1. The Morgan fingerprint density at radius 3 is 2.00 bits per heavy atom. The summed E-state index contributed by atoms with van der Waals surface area (Å²) in [7, 11) is -1.89. The molecule has 1 saturated heterocycles. The van der Waals surface area contributed by atoms with Crippen molar-refractivity contribution < 1.29 is 23.5 Å². The van der Waals surface area contributed by atoms with Gasteiger partial charge in [0.2, 0.25) is 8.32 Å². The molecule has 0 radical (unpaired) electrons. The van der Waals surface area contributed by atoms with Gasteiger partial charge in [-0.05, 0) is 76.4 Å². The predicted octanol–water partition coefficient (Wildman–Crippen LogP) is 6.32. The predicted molar refractivity (Wildman–Crippen MR) is 129 cm³/mol. The van der Waals surface area contributed by atoms with Crippen molar-refractivity contribution >= 4 is 20.4 Å². The van der Waals surface area contributed by atoms with Gasteiger partial charge in [-0.15, -0.1) is 0 Å². The average molecular weight is 464 g/mol. The normalized spacial score (nSPS) is 17.0. The van der Waals surface area contributed by atoms with Crippen molar-refractivity contribution in [2.24, 2.45) is 5.92 Å². The molecule has 1 heterocycles. The highest BCUT2D eigenvalue weighted by atomic mass is 28.4. The summed E-state index contributed by atoms with van der Waals surface area (Å²) in [6.45, 7) is 19.5. The van der Waals surface area contributed by atoms with Crippen molar-refractivity contribution in [1.29, 1.82) is 0 Å². The van der Waals surface area contributed by atoms with Crippen LogP contribution in [0.1, 0.15) is 73.0 Å². The van der Waals surface area contributed by atoms with E-state index in [4.69, 9.17) is 13.9 Å². The van der Waals surface area contributed by atoms with E-state index in [1.165, 1.54) is 0 Å². The Labute approximate surface area is 194 Å². The van der Waals surface area contributed by atoms with E-state index >= 15 is 0 Å². The number of hydrogen-bond donors (Lipinski definition) is 0. The quantitative estimate of drug-likeness (QED) is 0.377. The van der Waals surface area contributed by atoms with Crippen molar-refractivity contribution in [2.75, 3.05) is 13.1 Å². The van der Waals surface area contributed by atoms with E-state index in [0.717, 1.165) is 11.3 Å². The summed E-state index contributed by atoms with van der Waals surface area (Å²) in [4.78, 5) is 26.5. The SMILES string of the molecule is CC(OC(=O)C1CCN(C(=O)OC(C)(C)C)CC1)c1ccc(O[Si](C)(C)C(C)(C)C)cc1. The molecule has 1 aliphatic rings. The molecular weight excluding hydrogens is 422 g/mol. The smallest absolute Gasteiger partial charge is 0.410 e. The van der Waals surface area contributed by atoms with Gasteiger partial charge in [-0.2, -0.15) is 0 Å². The number of carbonyl (C=O) groups excluding carboxylic acids is 2. The van der Waals surface area contributed by atoms with Gasteiger partial charge >= 0.3 is 12.1 Å². The summed E-state index contributed by atoms with van der Waals surface area (Å²) < 4.78 is 17.5. The zero-order valence-electron chi connectivity index (χ0n) is 21.3. The second-order valence-corrected chi connectivity index (χ2v) is 16.0. The molecular formula is C25H41NO5Si. The van der Waals surface area contributed by atoms with Crippen LogP contribution in [-0.4, -0.2) is 44.0 Å². The minimum absolute atomic E-state index is 0.132. The number of amides is 1. The van der Waals surface area contributed by atoms with Crippen molar-refractivity contribution in [3.05, 3.63) is 29.8 Å². The van der Waals surface area contributed by atoms with Gasteiger partial charge < -0.3 is 18.8 Å². The lowest BCUT2D eigenvalue weighted by Gasteiger charge is -2.36. The number of esters is 1. The Morgan fingerprint density at radius 1 is 1.00 bits per heavy atom. The van der Waals surface area contributed by atoms with Gasteiger partial charge in [0.25, 0.3) is 0 Å². The number of benzene rings is 1. The highest BCUT2D eigenvalue weighted by Gasteiger charge is 2.39. The molecule has 6 nitrogen and oxygen atoms in total. The van der Waals surface area contributed by atoms with Crippen LogP contribution in [-0.2, 0) is 14.3 Å². The molecule has 0 aromatic heterocycles. The van der Waals surface area contributed by atoms with Crippen molar-refractivity contribution in [1.82, 2.24) is 4.90 Å². The molecule has 1 atom stereocenters. The van der Waals surface area contributed by atoms with E-state index in [1.807, 2.05) is 52.0 Å². The summed E-state index contributed by atoms with van der Waals surface area (Å²) in [5.74, 6) is 0.452.